The third kappa shape index (κ3) is 3.27. The Morgan fingerprint density at radius 3 is 2.65 bits per heavy atom. The van der Waals surface area contributed by atoms with Crippen molar-refractivity contribution < 1.29 is 0 Å². The molecule has 0 bridgehead atoms. The highest BCUT2D eigenvalue weighted by Gasteiger charge is 2.06. The number of anilines is 1. The number of nitrogens with one attached hydrogen (secondary N) is 1. The molecule has 0 fully saturated rings. The first-order chi connectivity index (χ1) is 8.15. The van der Waals surface area contributed by atoms with Crippen molar-refractivity contribution in [2.45, 2.75) is 19.9 Å². The molecule has 1 unspecified atom stereocenters. The van der Waals surface area contributed by atoms with Gasteiger partial charge in [-0.05, 0) is 43.7 Å². The maximum absolute atomic E-state index is 4.09. The van der Waals surface area contributed by atoms with Gasteiger partial charge in [-0.25, -0.2) is 0 Å². The van der Waals surface area contributed by atoms with E-state index in [1.807, 2.05) is 31.2 Å². The van der Waals surface area contributed by atoms with E-state index in [0.29, 0.717) is 0 Å². The van der Waals surface area contributed by atoms with Crippen LogP contribution in [0.5, 0.6) is 0 Å². The van der Waals surface area contributed by atoms with Gasteiger partial charge in [-0.3, -0.25) is 0 Å². The minimum Gasteiger partial charge on any atom is -0.362 e. The zero-order chi connectivity index (χ0) is 12.3. The Kier molecular flexibility index (Phi) is 3.74. The largest absolute Gasteiger partial charge is 0.362 e. The fourth-order valence-electron chi connectivity index (χ4n) is 1.56. The van der Waals surface area contributed by atoms with Crippen molar-refractivity contribution in [3.63, 3.8) is 0 Å². The van der Waals surface area contributed by atoms with Gasteiger partial charge in [-0.1, -0.05) is 28.1 Å². The van der Waals surface area contributed by atoms with Gasteiger partial charge in [0, 0.05) is 4.47 Å². The first-order valence-corrected chi connectivity index (χ1v) is 6.27. The van der Waals surface area contributed by atoms with E-state index in [2.05, 4.69) is 50.5 Å². The van der Waals surface area contributed by atoms with Gasteiger partial charge in [0.1, 0.15) is 5.82 Å². The second kappa shape index (κ2) is 5.27. The molecule has 1 heterocycles. The van der Waals surface area contributed by atoms with Crippen molar-refractivity contribution in [3.8, 4) is 0 Å². The Morgan fingerprint density at radius 2 is 2.00 bits per heavy atom. The van der Waals surface area contributed by atoms with Crippen LogP contribution in [0.3, 0.4) is 0 Å². The highest BCUT2D eigenvalue weighted by atomic mass is 79.9. The molecule has 88 valence electrons. The van der Waals surface area contributed by atoms with Gasteiger partial charge in [-0.2, -0.15) is 5.10 Å². The standard InChI is InChI=1S/C13H14BrN3/c1-9-6-7-13(17-16-9)15-10(2)11-4-3-5-12(14)8-11/h3-8,10H,1-2H3,(H,15,17). The van der Waals surface area contributed by atoms with Crippen molar-refractivity contribution >= 4 is 21.7 Å². The minimum absolute atomic E-state index is 0.199. The summed E-state index contributed by atoms with van der Waals surface area (Å²) in [5.41, 5.74) is 2.13. The molecule has 1 atom stereocenters. The van der Waals surface area contributed by atoms with Crippen LogP contribution in [0, 0.1) is 6.92 Å². The van der Waals surface area contributed by atoms with Crippen molar-refractivity contribution in [1.29, 1.82) is 0 Å². The second-order valence-electron chi connectivity index (χ2n) is 3.98. The molecule has 3 nitrogen and oxygen atoms in total. The van der Waals surface area contributed by atoms with E-state index in [-0.39, 0.29) is 6.04 Å². The number of aromatic nitrogens is 2. The van der Waals surface area contributed by atoms with Gasteiger partial charge in [0.2, 0.25) is 0 Å². The van der Waals surface area contributed by atoms with E-state index >= 15 is 0 Å². The summed E-state index contributed by atoms with van der Waals surface area (Å²) >= 11 is 3.47. The van der Waals surface area contributed by atoms with Crippen LogP contribution in [-0.4, -0.2) is 10.2 Å². The van der Waals surface area contributed by atoms with E-state index in [1.165, 1.54) is 5.56 Å². The SMILES string of the molecule is Cc1ccc(NC(C)c2cccc(Br)c2)nn1. The molecule has 0 amide bonds. The van der Waals surface area contributed by atoms with E-state index < -0.39 is 0 Å². The molecule has 17 heavy (non-hydrogen) atoms. The third-order valence-electron chi connectivity index (χ3n) is 2.51. The molecule has 0 saturated heterocycles. The summed E-state index contributed by atoms with van der Waals surface area (Å²) in [4.78, 5) is 0. The number of hydrogen-bond donors (Lipinski definition) is 1. The van der Waals surface area contributed by atoms with Crippen LogP contribution in [0.4, 0.5) is 5.82 Å². The molecule has 0 radical (unpaired) electrons. The molecule has 1 aromatic heterocycles. The van der Waals surface area contributed by atoms with Gasteiger partial charge >= 0.3 is 0 Å². The predicted octanol–water partition coefficient (Wildman–Crippen LogP) is 3.72. The van der Waals surface area contributed by atoms with Crippen LogP contribution in [0.2, 0.25) is 0 Å². The second-order valence-corrected chi connectivity index (χ2v) is 4.90. The Hall–Kier alpha value is -1.42. The van der Waals surface area contributed by atoms with Gasteiger partial charge in [0.15, 0.2) is 0 Å². The molecule has 2 aromatic rings. The fourth-order valence-corrected chi connectivity index (χ4v) is 1.97. The molecule has 4 heteroatoms. The summed E-state index contributed by atoms with van der Waals surface area (Å²) in [5.74, 6) is 0.795. The van der Waals surface area contributed by atoms with E-state index in [1.54, 1.807) is 0 Å². The quantitative estimate of drug-likeness (QED) is 0.937. The summed E-state index contributed by atoms with van der Waals surface area (Å²) in [6.45, 7) is 4.03. The molecule has 2 rings (SSSR count). The Labute approximate surface area is 109 Å². The van der Waals surface area contributed by atoms with Crippen molar-refractivity contribution in [3.05, 3.63) is 52.1 Å². The molecule has 0 saturated carbocycles. The molecule has 0 aliphatic rings. The average molecular weight is 292 g/mol. The van der Waals surface area contributed by atoms with Gasteiger partial charge in [-0.15, -0.1) is 5.10 Å². The van der Waals surface area contributed by atoms with Crippen LogP contribution in [0.15, 0.2) is 40.9 Å². The number of rotatable bonds is 3. The average Bonchev–Trinajstić information content (AvgIpc) is 2.32. The fraction of sp³-hybridized carbons (Fsp3) is 0.231. The number of benzene rings is 1. The molecule has 0 aliphatic heterocycles. The van der Waals surface area contributed by atoms with Crippen molar-refractivity contribution in [2.24, 2.45) is 0 Å². The smallest absolute Gasteiger partial charge is 0.149 e. The lowest BCUT2D eigenvalue weighted by molar-refractivity contribution is 0.855. The lowest BCUT2D eigenvalue weighted by Crippen LogP contribution is -2.08. The lowest BCUT2D eigenvalue weighted by Gasteiger charge is -2.14. The monoisotopic (exact) mass is 291 g/mol. The summed E-state index contributed by atoms with van der Waals surface area (Å²) in [6.07, 6.45) is 0. The van der Waals surface area contributed by atoms with Crippen LogP contribution in [-0.2, 0) is 0 Å². The van der Waals surface area contributed by atoms with Gasteiger partial charge in [0.25, 0.3) is 0 Å². The Morgan fingerprint density at radius 1 is 1.18 bits per heavy atom. The van der Waals surface area contributed by atoms with Gasteiger partial charge in [0.05, 0.1) is 11.7 Å². The van der Waals surface area contributed by atoms with Crippen LogP contribution >= 0.6 is 15.9 Å². The maximum atomic E-state index is 4.09. The zero-order valence-electron chi connectivity index (χ0n) is 9.81. The predicted molar refractivity (Wildman–Crippen MR) is 72.9 cm³/mol. The van der Waals surface area contributed by atoms with Crippen LogP contribution in [0.1, 0.15) is 24.2 Å². The third-order valence-corrected chi connectivity index (χ3v) is 3.00. The first kappa shape index (κ1) is 12.0. The number of hydrogen-bond acceptors (Lipinski definition) is 3. The highest BCUT2D eigenvalue weighted by Crippen LogP contribution is 2.20. The summed E-state index contributed by atoms with van der Waals surface area (Å²) in [7, 11) is 0. The lowest BCUT2D eigenvalue weighted by atomic mass is 10.1. The van der Waals surface area contributed by atoms with Crippen molar-refractivity contribution in [1.82, 2.24) is 10.2 Å². The van der Waals surface area contributed by atoms with E-state index in [4.69, 9.17) is 0 Å². The molecular formula is C13H14BrN3. The topological polar surface area (TPSA) is 37.8 Å². The maximum Gasteiger partial charge on any atom is 0.149 e. The summed E-state index contributed by atoms with van der Waals surface area (Å²) in [6, 6.07) is 12.3. The normalized spacial score (nSPS) is 12.2. The van der Waals surface area contributed by atoms with Crippen LogP contribution < -0.4 is 5.32 Å². The number of nitrogens with zero attached hydrogens (tertiary/aromatic N) is 2. The summed E-state index contributed by atoms with van der Waals surface area (Å²) < 4.78 is 1.08. The minimum atomic E-state index is 0.199. The Bertz CT molecular complexity index is 496. The Balaban J connectivity index is 2.11. The molecule has 1 N–H and O–H groups in total. The van der Waals surface area contributed by atoms with E-state index in [9.17, 15) is 0 Å². The van der Waals surface area contributed by atoms with E-state index in [0.717, 1.165) is 16.0 Å². The number of halogens is 1. The molecule has 1 aromatic carbocycles. The molecular weight excluding hydrogens is 278 g/mol. The molecule has 0 spiro atoms. The highest BCUT2D eigenvalue weighted by molar-refractivity contribution is 9.10. The number of aryl methyl sites for hydroxylation is 1. The van der Waals surface area contributed by atoms with Gasteiger partial charge < -0.3 is 5.32 Å². The van der Waals surface area contributed by atoms with Crippen molar-refractivity contribution in [2.75, 3.05) is 5.32 Å². The summed E-state index contributed by atoms with van der Waals surface area (Å²) in [5, 5.41) is 11.4. The zero-order valence-corrected chi connectivity index (χ0v) is 11.4. The first-order valence-electron chi connectivity index (χ1n) is 5.47. The molecule has 0 aliphatic carbocycles. The van der Waals surface area contributed by atoms with Crippen LogP contribution in [0.25, 0.3) is 0 Å².